The molecular formula is C7H11NO3. The number of fused-ring (bicyclic) bond motifs is 2. The highest BCUT2D eigenvalue weighted by Crippen LogP contribution is 2.38. The van der Waals surface area contributed by atoms with E-state index in [1.807, 2.05) is 0 Å². The Bertz CT molecular complexity index is 183. The summed E-state index contributed by atoms with van der Waals surface area (Å²) in [5.74, 6) is 0.198. The van der Waals surface area contributed by atoms with E-state index in [-0.39, 0.29) is 23.5 Å². The summed E-state index contributed by atoms with van der Waals surface area (Å²) in [5, 5.41) is 10.2. The fourth-order valence-corrected chi connectivity index (χ4v) is 2.13. The number of hydrogen-bond donors (Lipinski definition) is 0. The van der Waals surface area contributed by atoms with Gasteiger partial charge in [0.1, 0.15) is 0 Å². The van der Waals surface area contributed by atoms with Gasteiger partial charge < -0.3 is 4.74 Å². The molecule has 62 valence electrons. The zero-order valence-corrected chi connectivity index (χ0v) is 6.23. The van der Waals surface area contributed by atoms with Crippen LogP contribution in [0.2, 0.25) is 0 Å². The van der Waals surface area contributed by atoms with Gasteiger partial charge in [-0.1, -0.05) is 0 Å². The van der Waals surface area contributed by atoms with Crippen molar-refractivity contribution < 1.29 is 9.66 Å². The minimum absolute atomic E-state index is 0.0984. The highest BCUT2D eigenvalue weighted by Gasteiger charge is 2.42. The van der Waals surface area contributed by atoms with Crippen LogP contribution in [0.25, 0.3) is 0 Å². The van der Waals surface area contributed by atoms with Crippen molar-refractivity contribution in [2.45, 2.75) is 31.5 Å². The Morgan fingerprint density at radius 3 is 2.82 bits per heavy atom. The lowest BCUT2D eigenvalue weighted by atomic mass is 9.89. The SMILES string of the molecule is O=[N+]([O-])CC1CC2CCC1O2. The molecule has 4 nitrogen and oxygen atoms in total. The zero-order chi connectivity index (χ0) is 7.84. The van der Waals surface area contributed by atoms with Crippen LogP contribution < -0.4 is 0 Å². The maximum absolute atomic E-state index is 10.2. The zero-order valence-electron chi connectivity index (χ0n) is 6.23. The Morgan fingerprint density at radius 2 is 2.36 bits per heavy atom. The first kappa shape index (κ1) is 7.03. The van der Waals surface area contributed by atoms with Gasteiger partial charge in [0.05, 0.1) is 18.1 Å². The van der Waals surface area contributed by atoms with Crippen molar-refractivity contribution in [2.75, 3.05) is 6.54 Å². The van der Waals surface area contributed by atoms with E-state index in [4.69, 9.17) is 4.74 Å². The highest BCUT2D eigenvalue weighted by molar-refractivity contribution is 4.88. The molecule has 4 heteroatoms. The summed E-state index contributed by atoms with van der Waals surface area (Å²) in [5.41, 5.74) is 0. The molecule has 2 rings (SSSR count). The molecule has 0 radical (unpaired) electrons. The smallest absolute Gasteiger partial charge is 0.209 e. The number of nitrogens with zero attached hydrogens (tertiary/aromatic N) is 1. The normalized spacial score (nSPS) is 41.3. The molecule has 2 heterocycles. The van der Waals surface area contributed by atoms with Crippen LogP contribution in [0.15, 0.2) is 0 Å². The summed E-state index contributed by atoms with van der Waals surface area (Å²) in [4.78, 5) is 9.95. The minimum Gasteiger partial charge on any atom is -0.374 e. The van der Waals surface area contributed by atoms with Gasteiger partial charge in [0.15, 0.2) is 0 Å². The molecule has 0 aromatic rings. The summed E-state index contributed by atoms with van der Waals surface area (Å²) in [6, 6.07) is 0. The van der Waals surface area contributed by atoms with Crippen LogP contribution in [0, 0.1) is 16.0 Å². The van der Waals surface area contributed by atoms with Gasteiger partial charge in [-0.25, -0.2) is 0 Å². The topological polar surface area (TPSA) is 52.4 Å². The predicted molar refractivity (Wildman–Crippen MR) is 37.9 cm³/mol. The summed E-state index contributed by atoms with van der Waals surface area (Å²) >= 11 is 0. The molecular weight excluding hydrogens is 146 g/mol. The molecule has 0 aromatic heterocycles. The number of ether oxygens (including phenoxy) is 1. The molecule has 2 saturated heterocycles. The lowest BCUT2D eigenvalue weighted by molar-refractivity contribution is -0.489. The Kier molecular flexibility index (Phi) is 1.56. The Hall–Kier alpha value is -0.640. The van der Waals surface area contributed by atoms with Crippen LogP contribution in [-0.4, -0.2) is 23.7 Å². The molecule has 3 unspecified atom stereocenters. The molecule has 0 N–H and O–H groups in total. The van der Waals surface area contributed by atoms with Crippen LogP contribution in [-0.2, 0) is 4.74 Å². The number of hydrogen-bond acceptors (Lipinski definition) is 3. The standard InChI is InChI=1S/C7H11NO3/c9-8(10)4-5-3-6-1-2-7(5)11-6/h5-7H,1-4H2. The second kappa shape index (κ2) is 2.44. The van der Waals surface area contributed by atoms with E-state index in [0.717, 1.165) is 19.3 Å². The Balaban J connectivity index is 1.92. The van der Waals surface area contributed by atoms with Gasteiger partial charge in [-0.05, 0) is 19.3 Å². The van der Waals surface area contributed by atoms with Crippen molar-refractivity contribution in [2.24, 2.45) is 5.92 Å². The Morgan fingerprint density at radius 1 is 1.55 bits per heavy atom. The average Bonchev–Trinajstić information content (AvgIpc) is 2.45. The molecule has 0 aromatic carbocycles. The third-order valence-corrected chi connectivity index (χ3v) is 2.62. The lowest BCUT2D eigenvalue weighted by Crippen LogP contribution is -2.24. The van der Waals surface area contributed by atoms with Crippen LogP contribution in [0.3, 0.4) is 0 Å². The summed E-state index contributed by atoms with van der Waals surface area (Å²) in [6.45, 7) is 0.0984. The monoisotopic (exact) mass is 157 g/mol. The molecule has 0 spiro atoms. The van der Waals surface area contributed by atoms with Crippen molar-refractivity contribution in [3.63, 3.8) is 0 Å². The van der Waals surface area contributed by atoms with Crippen molar-refractivity contribution in [3.05, 3.63) is 10.1 Å². The third kappa shape index (κ3) is 1.22. The maximum Gasteiger partial charge on any atom is 0.209 e. The van der Waals surface area contributed by atoms with Gasteiger partial charge in [0.2, 0.25) is 6.54 Å². The van der Waals surface area contributed by atoms with E-state index in [1.54, 1.807) is 0 Å². The second-order valence-corrected chi connectivity index (χ2v) is 3.38. The van der Waals surface area contributed by atoms with Crippen LogP contribution in [0.4, 0.5) is 0 Å². The summed E-state index contributed by atoms with van der Waals surface area (Å²) in [6.07, 6.45) is 3.59. The first-order valence-corrected chi connectivity index (χ1v) is 4.03. The van der Waals surface area contributed by atoms with Crippen molar-refractivity contribution in [1.29, 1.82) is 0 Å². The molecule has 2 bridgehead atoms. The van der Waals surface area contributed by atoms with Gasteiger partial charge in [0, 0.05) is 4.92 Å². The molecule has 2 aliphatic rings. The van der Waals surface area contributed by atoms with Crippen molar-refractivity contribution in [1.82, 2.24) is 0 Å². The first-order valence-electron chi connectivity index (χ1n) is 4.03. The second-order valence-electron chi connectivity index (χ2n) is 3.38. The fraction of sp³-hybridized carbons (Fsp3) is 1.00. The molecule has 2 fully saturated rings. The minimum atomic E-state index is -0.227. The lowest BCUT2D eigenvalue weighted by Gasteiger charge is -2.13. The predicted octanol–water partition coefficient (Wildman–Crippen LogP) is 0.831. The molecule has 11 heavy (non-hydrogen) atoms. The largest absolute Gasteiger partial charge is 0.374 e. The van der Waals surface area contributed by atoms with Gasteiger partial charge in [-0.2, -0.15) is 0 Å². The molecule has 2 aliphatic heterocycles. The molecule has 0 saturated carbocycles. The van der Waals surface area contributed by atoms with E-state index in [2.05, 4.69) is 0 Å². The van der Waals surface area contributed by atoms with Crippen LogP contribution in [0.5, 0.6) is 0 Å². The number of nitro groups is 1. The summed E-state index contributed by atoms with van der Waals surface area (Å²) in [7, 11) is 0. The highest BCUT2D eigenvalue weighted by atomic mass is 16.6. The molecule has 3 atom stereocenters. The first-order chi connectivity index (χ1) is 5.25. The number of rotatable bonds is 2. The van der Waals surface area contributed by atoms with Gasteiger partial charge in [0.25, 0.3) is 0 Å². The quantitative estimate of drug-likeness (QED) is 0.440. The summed E-state index contributed by atoms with van der Waals surface area (Å²) < 4.78 is 5.48. The molecule has 0 amide bonds. The van der Waals surface area contributed by atoms with Crippen molar-refractivity contribution in [3.8, 4) is 0 Å². The Labute approximate surface area is 64.7 Å². The van der Waals surface area contributed by atoms with Crippen molar-refractivity contribution >= 4 is 0 Å². The van der Waals surface area contributed by atoms with Gasteiger partial charge in [-0.15, -0.1) is 0 Å². The van der Waals surface area contributed by atoms with Gasteiger partial charge in [-0.3, -0.25) is 10.1 Å². The van der Waals surface area contributed by atoms with Crippen LogP contribution in [0.1, 0.15) is 19.3 Å². The average molecular weight is 157 g/mol. The third-order valence-electron chi connectivity index (χ3n) is 2.62. The van der Waals surface area contributed by atoms with E-state index in [1.165, 1.54) is 0 Å². The van der Waals surface area contributed by atoms with E-state index in [9.17, 15) is 10.1 Å². The molecule has 0 aliphatic carbocycles. The van der Waals surface area contributed by atoms with Crippen LogP contribution >= 0.6 is 0 Å². The maximum atomic E-state index is 10.2. The van der Waals surface area contributed by atoms with E-state index < -0.39 is 0 Å². The van der Waals surface area contributed by atoms with E-state index in [0.29, 0.717) is 6.10 Å². The fourth-order valence-electron chi connectivity index (χ4n) is 2.13. The van der Waals surface area contributed by atoms with E-state index >= 15 is 0 Å². The van der Waals surface area contributed by atoms with Gasteiger partial charge >= 0.3 is 0 Å².